The number of rotatable bonds is 6. The molecule has 1 rings (SSSR count). The van der Waals surface area contributed by atoms with Crippen molar-refractivity contribution in [3.63, 3.8) is 0 Å². The van der Waals surface area contributed by atoms with Gasteiger partial charge < -0.3 is 9.94 Å². The number of hydrogen-bond donors (Lipinski definition) is 0. The Morgan fingerprint density at radius 1 is 1.33 bits per heavy atom. The van der Waals surface area contributed by atoms with Gasteiger partial charge in [-0.05, 0) is 44.5 Å². The maximum absolute atomic E-state index is 11.0. The summed E-state index contributed by atoms with van der Waals surface area (Å²) in [6.07, 6.45) is 1.07. The van der Waals surface area contributed by atoms with Crippen molar-refractivity contribution >= 4 is 5.69 Å². The molecule has 0 bridgehead atoms. The van der Waals surface area contributed by atoms with E-state index in [1.807, 2.05) is 45.0 Å². The number of hydrogen-bond acceptors (Lipinski definition) is 3. The molecule has 1 aromatic rings. The highest BCUT2D eigenvalue weighted by atomic mass is 16.5. The average molecular weight is 251 g/mol. The molecule has 0 aliphatic rings. The summed E-state index contributed by atoms with van der Waals surface area (Å²) < 4.78 is 5.57. The second kappa shape index (κ2) is 6.83. The fourth-order valence-electron chi connectivity index (χ4n) is 1.56. The number of ether oxygens (including phenoxy) is 1. The minimum Gasteiger partial charge on any atom is -0.696 e. The van der Waals surface area contributed by atoms with Crippen molar-refractivity contribution in [2.45, 2.75) is 33.3 Å². The predicted octanol–water partition coefficient (Wildman–Crippen LogP) is 3.20. The molecule has 5 nitrogen and oxygen atoms in total. The molecule has 0 aliphatic carbocycles. The molecule has 0 saturated carbocycles. The highest BCUT2D eigenvalue weighted by Crippen LogP contribution is 2.20. The normalized spacial score (nSPS) is 11.7. The lowest BCUT2D eigenvalue weighted by Gasteiger charge is -2.13. The van der Waals surface area contributed by atoms with Crippen LogP contribution < -0.4 is 9.75 Å². The summed E-state index contributed by atoms with van der Waals surface area (Å²) in [5.41, 5.74) is 0.885. The molecule has 1 aromatic carbocycles. The zero-order valence-electron chi connectivity index (χ0n) is 11.5. The van der Waals surface area contributed by atoms with Crippen LogP contribution in [0.25, 0.3) is 0 Å². The third-order valence-corrected chi connectivity index (χ3v) is 2.18. The van der Waals surface area contributed by atoms with Crippen molar-refractivity contribution in [2.75, 3.05) is 18.6 Å². The van der Waals surface area contributed by atoms with Crippen LogP contribution in [0.2, 0.25) is 0 Å². The fourth-order valence-corrected chi connectivity index (χ4v) is 1.56. The van der Waals surface area contributed by atoms with Gasteiger partial charge in [0, 0.05) is 0 Å². The first-order valence-corrected chi connectivity index (χ1v) is 6.19. The van der Waals surface area contributed by atoms with Crippen molar-refractivity contribution in [1.29, 1.82) is 0 Å². The molecule has 100 valence electrons. The summed E-state index contributed by atoms with van der Waals surface area (Å²) in [6.45, 7) is 6.72. The topological polar surface area (TPSA) is 50.9 Å². The van der Waals surface area contributed by atoms with Crippen molar-refractivity contribution in [3.8, 4) is 5.75 Å². The summed E-state index contributed by atoms with van der Waals surface area (Å²) in [5, 5.41) is 16.6. The highest BCUT2D eigenvalue weighted by Gasteiger charge is 2.11. The Kier molecular flexibility index (Phi) is 5.42. The van der Waals surface area contributed by atoms with E-state index in [-0.39, 0.29) is 6.10 Å². The van der Waals surface area contributed by atoms with Crippen LogP contribution in [0.4, 0.5) is 5.69 Å². The van der Waals surface area contributed by atoms with E-state index in [4.69, 9.17) is 4.74 Å². The van der Waals surface area contributed by atoms with E-state index in [1.165, 1.54) is 7.05 Å². The minimum absolute atomic E-state index is 0.153. The van der Waals surface area contributed by atoms with Gasteiger partial charge in [-0.25, -0.2) is 0 Å². The lowest BCUT2D eigenvalue weighted by Crippen LogP contribution is -2.19. The number of hydroxylamine groups is 1. The van der Waals surface area contributed by atoms with Gasteiger partial charge in [-0.2, -0.15) is 4.86 Å². The Morgan fingerprint density at radius 3 is 2.39 bits per heavy atom. The number of benzene rings is 1. The van der Waals surface area contributed by atoms with Crippen LogP contribution in [-0.2, 0) is 0 Å². The van der Waals surface area contributed by atoms with Gasteiger partial charge in [-0.15, -0.1) is 5.01 Å². The SMILES string of the molecule is CCCN(N=[N+](C)[O-])c1ccc(OC(C)C)cc1. The zero-order valence-corrected chi connectivity index (χ0v) is 11.5. The molecular formula is C13H21N3O2. The molecule has 0 fully saturated rings. The molecule has 0 radical (unpaired) electrons. The largest absolute Gasteiger partial charge is 0.696 e. The van der Waals surface area contributed by atoms with Crippen molar-refractivity contribution in [1.82, 2.24) is 0 Å². The molecule has 0 aliphatic heterocycles. The quantitative estimate of drug-likeness (QED) is 0.443. The van der Waals surface area contributed by atoms with E-state index in [0.717, 1.165) is 17.9 Å². The van der Waals surface area contributed by atoms with Gasteiger partial charge in [0.05, 0.1) is 11.3 Å². The highest BCUT2D eigenvalue weighted by molar-refractivity contribution is 5.47. The summed E-state index contributed by atoms with van der Waals surface area (Å²) in [7, 11) is 1.37. The third kappa shape index (κ3) is 4.61. The minimum atomic E-state index is 0.153. The lowest BCUT2D eigenvalue weighted by molar-refractivity contribution is -0.500. The van der Waals surface area contributed by atoms with Crippen molar-refractivity contribution < 1.29 is 9.60 Å². The van der Waals surface area contributed by atoms with E-state index >= 15 is 0 Å². The van der Waals surface area contributed by atoms with Crippen LogP contribution in [0.15, 0.2) is 29.5 Å². The molecule has 0 amide bonds. The molecule has 5 heteroatoms. The van der Waals surface area contributed by atoms with Crippen LogP contribution in [0.5, 0.6) is 5.75 Å². The van der Waals surface area contributed by atoms with Crippen LogP contribution in [0, 0.1) is 5.21 Å². The standard InChI is InChI=1S/C13H21N3O2/c1-5-10-16(14-15(4)17)12-6-8-13(9-7-12)18-11(2)3/h6-9,11H,5,10H2,1-4H3. The smallest absolute Gasteiger partial charge is 0.149 e. The molecular weight excluding hydrogens is 230 g/mol. The molecule has 0 atom stereocenters. The van der Waals surface area contributed by atoms with E-state index < -0.39 is 0 Å². The fraction of sp³-hybridized carbons (Fsp3) is 0.538. The van der Waals surface area contributed by atoms with Crippen molar-refractivity contribution in [3.05, 3.63) is 29.5 Å². The van der Waals surface area contributed by atoms with Crippen molar-refractivity contribution in [2.24, 2.45) is 5.22 Å². The van der Waals surface area contributed by atoms with E-state index in [0.29, 0.717) is 11.4 Å². The molecule has 18 heavy (non-hydrogen) atoms. The van der Waals surface area contributed by atoms with Gasteiger partial charge in [0.25, 0.3) is 0 Å². The Labute approximate surface area is 108 Å². The van der Waals surface area contributed by atoms with Crippen LogP contribution in [-0.4, -0.2) is 24.6 Å². The monoisotopic (exact) mass is 251 g/mol. The molecule has 0 spiro atoms. The Balaban J connectivity index is 2.83. The van der Waals surface area contributed by atoms with Crippen LogP contribution in [0.1, 0.15) is 27.2 Å². The summed E-state index contributed by atoms with van der Waals surface area (Å²) >= 11 is 0. The van der Waals surface area contributed by atoms with Gasteiger partial charge in [0.2, 0.25) is 0 Å². The van der Waals surface area contributed by atoms with Gasteiger partial charge in [-0.3, -0.25) is 0 Å². The molecule has 0 unspecified atom stereocenters. The Morgan fingerprint density at radius 2 is 1.94 bits per heavy atom. The Hall–Kier alpha value is -1.78. The van der Waals surface area contributed by atoms with E-state index in [9.17, 15) is 5.21 Å². The number of nitrogens with zero attached hydrogens (tertiary/aromatic N) is 3. The molecule has 0 aromatic heterocycles. The number of anilines is 1. The third-order valence-electron chi connectivity index (χ3n) is 2.18. The lowest BCUT2D eigenvalue weighted by atomic mass is 10.3. The summed E-state index contributed by atoms with van der Waals surface area (Å²) in [4.78, 5) is 0.564. The maximum Gasteiger partial charge on any atom is 0.149 e. The average Bonchev–Trinajstić information content (AvgIpc) is 2.28. The zero-order chi connectivity index (χ0) is 13.5. The molecule has 0 heterocycles. The summed E-state index contributed by atoms with van der Waals surface area (Å²) in [5.74, 6) is 0.820. The second-order valence-electron chi connectivity index (χ2n) is 4.34. The first-order chi connectivity index (χ1) is 8.52. The molecule has 0 saturated heterocycles. The van der Waals surface area contributed by atoms with Crippen LogP contribution >= 0.6 is 0 Å². The van der Waals surface area contributed by atoms with E-state index in [2.05, 4.69) is 5.22 Å². The summed E-state index contributed by atoms with van der Waals surface area (Å²) in [6, 6.07) is 7.58. The van der Waals surface area contributed by atoms with E-state index in [1.54, 1.807) is 5.01 Å². The van der Waals surface area contributed by atoms with Crippen LogP contribution in [0.3, 0.4) is 0 Å². The Bertz CT molecular complexity index is 384. The maximum atomic E-state index is 11.0. The molecule has 0 N–H and O–H groups in total. The van der Waals surface area contributed by atoms with Gasteiger partial charge in [-0.1, -0.05) is 6.92 Å². The first-order valence-electron chi connectivity index (χ1n) is 6.19. The second-order valence-corrected chi connectivity index (χ2v) is 4.34. The van der Waals surface area contributed by atoms with Gasteiger partial charge >= 0.3 is 0 Å². The van der Waals surface area contributed by atoms with Gasteiger partial charge in [0.15, 0.2) is 0 Å². The predicted molar refractivity (Wildman–Crippen MR) is 71.8 cm³/mol. The first kappa shape index (κ1) is 14.3. The van der Waals surface area contributed by atoms with Gasteiger partial charge in [0.1, 0.15) is 25.0 Å².